The van der Waals surface area contributed by atoms with E-state index in [0.717, 1.165) is 0 Å². The Labute approximate surface area is 179 Å². The fourth-order valence-corrected chi connectivity index (χ4v) is 4.85. The summed E-state index contributed by atoms with van der Waals surface area (Å²) in [6.45, 7) is 2.53. The number of Topliss-reactive ketones (excluding diaryl/α,β-unsaturated/α-hetero) is 1. The number of amidine groups is 1. The first kappa shape index (κ1) is 19.5. The van der Waals surface area contributed by atoms with Crippen molar-refractivity contribution >= 4 is 23.4 Å². The average molecular weight is 421 g/mol. The number of methoxy groups -OCH3 is 1. The van der Waals surface area contributed by atoms with Gasteiger partial charge < -0.3 is 19.3 Å². The maximum Gasteiger partial charge on any atom is 0.250 e. The topological polar surface area (TPSA) is 88.5 Å². The van der Waals surface area contributed by atoms with Gasteiger partial charge in [0.05, 0.1) is 32.1 Å². The molecule has 5 rings (SSSR count). The number of nitrogens with zero attached hydrogens (tertiary/aromatic N) is 3. The molecule has 0 saturated carbocycles. The highest BCUT2D eigenvalue weighted by Gasteiger charge is 2.52. The van der Waals surface area contributed by atoms with Crippen molar-refractivity contribution in [3.05, 3.63) is 48.2 Å². The van der Waals surface area contributed by atoms with Gasteiger partial charge in [0.2, 0.25) is 5.91 Å². The second-order valence-corrected chi connectivity index (χ2v) is 8.61. The monoisotopic (exact) mass is 421 g/mol. The molecule has 1 spiro atoms. The van der Waals surface area contributed by atoms with Crippen LogP contribution in [0.25, 0.3) is 0 Å². The predicted octanol–water partition coefficient (Wildman–Crippen LogP) is 2.10. The molecule has 8 heteroatoms. The molecule has 2 atom stereocenters. The van der Waals surface area contributed by atoms with Crippen LogP contribution in [-0.4, -0.2) is 64.6 Å². The molecule has 8 nitrogen and oxygen atoms in total. The summed E-state index contributed by atoms with van der Waals surface area (Å²) >= 11 is 0. The molecule has 160 valence electrons. The van der Waals surface area contributed by atoms with Gasteiger partial charge in [-0.15, -0.1) is 0 Å². The van der Waals surface area contributed by atoms with Crippen LogP contribution in [0.15, 0.2) is 47.6 Å². The van der Waals surface area contributed by atoms with Crippen LogP contribution in [0, 0.1) is 0 Å². The fraction of sp³-hybridized carbons (Fsp3) is 0.391. The van der Waals surface area contributed by atoms with E-state index in [1.165, 1.54) is 0 Å². The second kappa shape index (κ2) is 6.80. The summed E-state index contributed by atoms with van der Waals surface area (Å²) in [6.07, 6.45) is 7.86. The Kier molecular flexibility index (Phi) is 4.28. The largest absolute Gasteiger partial charge is 0.497 e. The Balaban J connectivity index is 1.39. The molecular formula is C23H23N3O5. The van der Waals surface area contributed by atoms with Gasteiger partial charge in [-0.2, -0.15) is 4.99 Å². The van der Waals surface area contributed by atoms with Crippen molar-refractivity contribution in [1.82, 2.24) is 9.80 Å². The minimum Gasteiger partial charge on any atom is -0.497 e. The first-order valence-electron chi connectivity index (χ1n) is 10.3. The van der Waals surface area contributed by atoms with Gasteiger partial charge in [0.1, 0.15) is 28.5 Å². The molecule has 0 radical (unpaired) electrons. The lowest BCUT2D eigenvalue weighted by molar-refractivity contribution is -0.143. The lowest BCUT2D eigenvalue weighted by Crippen LogP contribution is -2.61. The molecule has 1 aromatic rings. The molecule has 4 aliphatic rings. The van der Waals surface area contributed by atoms with Crippen molar-refractivity contribution < 1.29 is 23.9 Å². The number of carbonyl (C=O) groups excluding carboxylic acids is 3. The Morgan fingerprint density at radius 2 is 2.06 bits per heavy atom. The van der Waals surface area contributed by atoms with Crippen molar-refractivity contribution in [3.63, 3.8) is 0 Å². The molecule has 1 fully saturated rings. The number of likely N-dealkylation sites (tertiary alicyclic amines) is 1. The van der Waals surface area contributed by atoms with Gasteiger partial charge in [-0.3, -0.25) is 14.4 Å². The molecule has 4 heterocycles. The standard InChI is InChI=1S/C23H23N3O5/c1-22(13-20(28)24-19-5-3-4-9-26(19)22)21(29)25-10-8-23(14-25)12-17(27)16-11-15(30-2)6-7-18(16)31-23/h3-7,9,11H,8,10,12-14H2,1-2H3. The van der Waals surface area contributed by atoms with Crippen LogP contribution in [0.3, 0.4) is 0 Å². The first-order chi connectivity index (χ1) is 14.8. The van der Waals surface area contributed by atoms with Crippen molar-refractivity contribution in [2.24, 2.45) is 4.99 Å². The number of amides is 2. The number of rotatable bonds is 2. The molecule has 1 saturated heterocycles. The summed E-state index contributed by atoms with van der Waals surface area (Å²) in [7, 11) is 1.55. The van der Waals surface area contributed by atoms with Crippen LogP contribution in [-0.2, 0) is 9.59 Å². The third-order valence-electron chi connectivity index (χ3n) is 6.47. The zero-order valence-electron chi connectivity index (χ0n) is 17.5. The summed E-state index contributed by atoms with van der Waals surface area (Å²) in [5.41, 5.74) is -1.31. The highest BCUT2D eigenvalue weighted by molar-refractivity contribution is 6.09. The molecule has 1 aromatic carbocycles. The minimum absolute atomic E-state index is 0.000566. The number of benzene rings is 1. The van der Waals surface area contributed by atoms with E-state index in [1.54, 1.807) is 60.4 Å². The number of hydrogen-bond donors (Lipinski definition) is 0. The van der Waals surface area contributed by atoms with E-state index < -0.39 is 11.1 Å². The molecular weight excluding hydrogens is 398 g/mol. The molecule has 31 heavy (non-hydrogen) atoms. The van der Waals surface area contributed by atoms with Crippen molar-refractivity contribution in [1.29, 1.82) is 0 Å². The molecule has 2 amide bonds. The number of fused-ring (bicyclic) bond motifs is 2. The highest BCUT2D eigenvalue weighted by Crippen LogP contribution is 2.41. The van der Waals surface area contributed by atoms with Crippen LogP contribution in [0.4, 0.5) is 0 Å². The SMILES string of the molecule is COc1ccc2c(c1)C(=O)CC1(CCN(C(=O)C3(C)CC(=O)N=C4C=CC=CN43)C1)O2. The predicted molar refractivity (Wildman–Crippen MR) is 112 cm³/mol. The fourth-order valence-electron chi connectivity index (χ4n) is 4.85. The Morgan fingerprint density at radius 3 is 2.87 bits per heavy atom. The Bertz CT molecular complexity index is 1090. The maximum atomic E-state index is 13.6. The highest BCUT2D eigenvalue weighted by atomic mass is 16.5. The van der Waals surface area contributed by atoms with Crippen LogP contribution in [0.5, 0.6) is 11.5 Å². The molecule has 0 N–H and O–H groups in total. The van der Waals surface area contributed by atoms with Crippen molar-refractivity contribution in [2.75, 3.05) is 20.2 Å². The second-order valence-electron chi connectivity index (χ2n) is 8.61. The summed E-state index contributed by atoms with van der Waals surface area (Å²) in [5, 5.41) is 0. The van der Waals surface area contributed by atoms with E-state index in [0.29, 0.717) is 42.4 Å². The summed E-state index contributed by atoms with van der Waals surface area (Å²) in [4.78, 5) is 46.3. The maximum absolute atomic E-state index is 13.6. The summed E-state index contributed by atoms with van der Waals surface area (Å²) in [6, 6.07) is 5.19. The normalized spacial score (nSPS) is 28.9. The smallest absolute Gasteiger partial charge is 0.250 e. The molecule has 4 aliphatic heterocycles. The Hall–Kier alpha value is -3.42. The average Bonchev–Trinajstić information content (AvgIpc) is 3.15. The van der Waals surface area contributed by atoms with Crippen LogP contribution in [0.2, 0.25) is 0 Å². The molecule has 0 aromatic heterocycles. The van der Waals surface area contributed by atoms with E-state index >= 15 is 0 Å². The third kappa shape index (κ3) is 3.05. The third-order valence-corrected chi connectivity index (χ3v) is 6.47. The lowest BCUT2D eigenvalue weighted by Gasteiger charge is -2.43. The van der Waals surface area contributed by atoms with Gasteiger partial charge in [-0.25, -0.2) is 0 Å². The lowest BCUT2D eigenvalue weighted by atomic mass is 9.88. The summed E-state index contributed by atoms with van der Waals surface area (Å²) < 4.78 is 11.5. The number of ketones is 1. The van der Waals surface area contributed by atoms with Gasteiger partial charge >= 0.3 is 0 Å². The number of aliphatic imine (C=N–C) groups is 1. The van der Waals surface area contributed by atoms with Crippen LogP contribution in [0.1, 0.15) is 36.5 Å². The van der Waals surface area contributed by atoms with Gasteiger partial charge in [-0.1, -0.05) is 6.08 Å². The van der Waals surface area contributed by atoms with E-state index in [4.69, 9.17) is 9.47 Å². The van der Waals surface area contributed by atoms with Gasteiger partial charge in [0, 0.05) is 19.2 Å². The molecule has 2 unspecified atom stereocenters. The number of allylic oxidation sites excluding steroid dienone is 2. The quantitative estimate of drug-likeness (QED) is 0.727. The van der Waals surface area contributed by atoms with Crippen LogP contribution < -0.4 is 9.47 Å². The first-order valence-corrected chi connectivity index (χ1v) is 10.3. The number of hydrogen-bond acceptors (Lipinski definition) is 6. The zero-order chi connectivity index (χ0) is 21.8. The van der Waals surface area contributed by atoms with Gasteiger partial charge in [0.25, 0.3) is 5.91 Å². The molecule has 0 bridgehead atoms. The van der Waals surface area contributed by atoms with E-state index in [2.05, 4.69) is 4.99 Å². The zero-order valence-corrected chi connectivity index (χ0v) is 17.5. The van der Waals surface area contributed by atoms with Gasteiger partial charge in [-0.05, 0) is 37.3 Å². The van der Waals surface area contributed by atoms with Crippen molar-refractivity contribution in [2.45, 2.75) is 37.3 Å². The number of ether oxygens (including phenoxy) is 2. The minimum atomic E-state index is -1.06. The summed E-state index contributed by atoms with van der Waals surface area (Å²) in [5.74, 6) is 1.09. The van der Waals surface area contributed by atoms with Crippen LogP contribution >= 0.6 is 0 Å². The molecule has 0 aliphatic carbocycles. The van der Waals surface area contributed by atoms with E-state index in [9.17, 15) is 14.4 Å². The van der Waals surface area contributed by atoms with E-state index in [1.807, 2.05) is 6.08 Å². The number of carbonyl (C=O) groups is 3. The van der Waals surface area contributed by atoms with Gasteiger partial charge in [0.15, 0.2) is 5.78 Å². The Morgan fingerprint density at radius 1 is 1.23 bits per heavy atom. The van der Waals surface area contributed by atoms with Crippen molar-refractivity contribution in [3.8, 4) is 11.5 Å². The van der Waals surface area contributed by atoms with E-state index in [-0.39, 0.29) is 30.4 Å².